The summed E-state index contributed by atoms with van der Waals surface area (Å²) >= 11 is 0. The van der Waals surface area contributed by atoms with Crippen LogP contribution >= 0.6 is 0 Å². The number of hydrogen-bond acceptors (Lipinski definition) is 5. The van der Waals surface area contributed by atoms with E-state index in [0.717, 1.165) is 50.0 Å². The molecule has 0 saturated heterocycles. The molecule has 38 heavy (non-hydrogen) atoms. The van der Waals surface area contributed by atoms with Gasteiger partial charge in [0, 0.05) is 11.8 Å². The first kappa shape index (κ1) is 29.4. The van der Waals surface area contributed by atoms with Gasteiger partial charge in [0.1, 0.15) is 11.4 Å². The first-order valence-electron chi connectivity index (χ1n) is 14.6. The topological polar surface area (TPSA) is 65.5 Å². The average Bonchev–Trinajstić information content (AvgIpc) is 2.95. The summed E-state index contributed by atoms with van der Waals surface area (Å²) in [6, 6.07) is 10.7. The smallest absolute Gasteiger partial charge is 0.339 e. The molecule has 0 spiro atoms. The molecule has 1 heterocycles. The summed E-state index contributed by atoms with van der Waals surface area (Å²) in [5.74, 6) is 6.95. The molecular weight excluding hydrogens is 474 g/mol. The molecule has 1 saturated carbocycles. The van der Waals surface area contributed by atoms with Crippen molar-refractivity contribution in [1.29, 1.82) is 0 Å². The number of benzene rings is 1. The number of unbranched alkanes of at least 4 members (excludes halogenated alkanes) is 6. The molecule has 1 aromatic carbocycles. The lowest BCUT2D eigenvalue weighted by Crippen LogP contribution is -2.25. The van der Waals surface area contributed by atoms with Gasteiger partial charge in [0.15, 0.2) is 0 Å². The highest BCUT2D eigenvalue weighted by Crippen LogP contribution is 2.32. The number of carbonyl (C=O) groups excluding carboxylic acids is 2. The van der Waals surface area contributed by atoms with Crippen LogP contribution in [0.1, 0.15) is 119 Å². The fraction of sp³-hybridized carbons (Fsp3) is 0.545. The molecule has 3 rings (SSSR count). The summed E-state index contributed by atoms with van der Waals surface area (Å²) in [4.78, 5) is 29.1. The van der Waals surface area contributed by atoms with Crippen molar-refractivity contribution in [3.8, 4) is 17.6 Å². The second-order valence-corrected chi connectivity index (χ2v) is 10.4. The van der Waals surface area contributed by atoms with E-state index in [9.17, 15) is 9.59 Å². The molecule has 1 aliphatic carbocycles. The number of pyridine rings is 1. The summed E-state index contributed by atoms with van der Waals surface area (Å²) in [6.45, 7) is 4.87. The van der Waals surface area contributed by atoms with E-state index >= 15 is 0 Å². The molecule has 1 aromatic heterocycles. The van der Waals surface area contributed by atoms with E-state index < -0.39 is 0 Å². The fourth-order valence-corrected chi connectivity index (χ4v) is 4.84. The molecule has 5 nitrogen and oxygen atoms in total. The molecule has 204 valence electrons. The minimum Gasteiger partial charge on any atom is -0.462 e. The van der Waals surface area contributed by atoms with Gasteiger partial charge in [-0.1, -0.05) is 71.1 Å². The quantitative estimate of drug-likeness (QED) is 0.117. The second kappa shape index (κ2) is 16.7. The standard InChI is InChI=1S/C33H43NO4/c1-3-5-7-8-9-10-24-37-32(35)29-19-21-30(34-25-29)20-14-27-15-22-31(23-16-27)38-33(36)28-17-12-26(13-18-28)11-6-4-2/h15-16,19,21-23,25-26,28H,3-13,17-18,24H2,1-2H3. The Morgan fingerprint density at radius 2 is 1.55 bits per heavy atom. The van der Waals surface area contributed by atoms with Crippen LogP contribution in [0, 0.1) is 23.7 Å². The van der Waals surface area contributed by atoms with Crippen molar-refractivity contribution in [2.75, 3.05) is 6.61 Å². The van der Waals surface area contributed by atoms with Gasteiger partial charge in [-0.05, 0) is 80.3 Å². The van der Waals surface area contributed by atoms with Crippen LogP contribution in [0.3, 0.4) is 0 Å². The summed E-state index contributed by atoms with van der Waals surface area (Å²) in [7, 11) is 0. The third-order valence-electron chi connectivity index (χ3n) is 7.28. The predicted octanol–water partition coefficient (Wildman–Crippen LogP) is 7.90. The minimum absolute atomic E-state index is 0.00854. The molecule has 0 unspecified atom stereocenters. The molecule has 2 aromatic rings. The molecule has 1 aliphatic rings. The van der Waals surface area contributed by atoms with Gasteiger partial charge in [-0.2, -0.15) is 0 Å². The van der Waals surface area contributed by atoms with Crippen LogP contribution in [0.25, 0.3) is 0 Å². The van der Waals surface area contributed by atoms with E-state index in [2.05, 4.69) is 30.7 Å². The molecule has 0 N–H and O–H groups in total. The van der Waals surface area contributed by atoms with E-state index in [1.54, 1.807) is 24.3 Å². The van der Waals surface area contributed by atoms with Crippen molar-refractivity contribution >= 4 is 11.9 Å². The Morgan fingerprint density at radius 1 is 0.842 bits per heavy atom. The zero-order chi connectivity index (χ0) is 27.0. The number of aromatic nitrogens is 1. The second-order valence-electron chi connectivity index (χ2n) is 10.4. The zero-order valence-electron chi connectivity index (χ0n) is 23.2. The van der Waals surface area contributed by atoms with Crippen LogP contribution in [0.15, 0.2) is 42.6 Å². The number of rotatable bonds is 13. The Morgan fingerprint density at radius 3 is 2.24 bits per heavy atom. The normalized spacial score (nSPS) is 16.8. The molecule has 0 atom stereocenters. The molecule has 1 fully saturated rings. The third-order valence-corrected chi connectivity index (χ3v) is 7.28. The van der Waals surface area contributed by atoms with Crippen LogP contribution in [0.2, 0.25) is 0 Å². The van der Waals surface area contributed by atoms with Crippen molar-refractivity contribution in [1.82, 2.24) is 4.98 Å². The molecule has 0 radical (unpaired) electrons. The van der Waals surface area contributed by atoms with Gasteiger partial charge < -0.3 is 9.47 Å². The van der Waals surface area contributed by atoms with Crippen LogP contribution in [0.5, 0.6) is 5.75 Å². The summed E-state index contributed by atoms with van der Waals surface area (Å²) < 4.78 is 11.0. The molecule has 5 heteroatoms. The van der Waals surface area contributed by atoms with Gasteiger partial charge in [-0.15, -0.1) is 0 Å². The largest absolute Gasteiger partial charge is 0.462 e. The lowest BCUT2D eigenvalue weighted by atomic mass is 9.80. The summed E-state index contributed by atoms with van der Waals surface area (Å²) in [6.07, 6.45) is 16.3. The van der Waals surface area contributed by atoms with E-state index in [1.165, 1.54) is 51.1 Å². The van der Waals surface area contributed by atoms with Crippen LogP contribution in [0.4, 0.5) is 0 Å². The van der Waals surface area contributed by atoms with Gasteiger partial charge in [-0.3, -0.25) is 4.79 Å². The molecular formula is C33H43NO4. The fourth-order valence-electron chi connectivity index (χ4n) is 4.84. The Hall–Kier alpha value is -3.13. The number of carbonyl (C=O) groups is 2. The monoisotopic (exact) mass is 517 g/mol. The Balaban J connectivity index is 1.41. The highest BCUT2D eigenvalue weighted by atomic mass is 16.5. The van der Waals surface area contributed by atoms with E-state index in [1.807, 2.05) is 12.1 Å². The maximum absolute atomic E-state index is 12.6. The summed E-state index contributed by atoms with van der Waals surface area (Å²) in [5, 5.41) is 0. The predicted molar refractivity (Wildman–Crippen MR) is 151 cm³/mol. The number of hydrogen-bond donors (Lipinski definition) is 0. The lowest BCUT2D eigenvalue weighted by Gasteiger charge is -2.27. The van der Waals surface area contributed by atoms with E-state index in [0.29, 0.717) is 23.6 Å². The van der Waals surface area contributed by atoms with Crippen molar-refractivity contribution in [3.05, 3.63) is 59.4 Å². The number of esters is 2. The highest BCUT2D eigenvalue weighted by molar-refractivity contribution is 5.89. The maximum Gasteiger partial charge on any atom is 0.339 e. The van der Waals surface area contributed by atoms with Crippen molar-refractivity contribution in [3.63, 3.8) is 0 Å². The average molecular weight is 518 g/mol. The lowest BCUT2D eigenvalue weighted by molar-refractivity contribution is -0.140. The molecule has 0 aliphatic heterocycles. The van der Waals surface area contributed by atoms with Gasteiger partial charge >= 0.3 is 11.9 Å². The maximum atomic E-state index is 12.6. The van der Waals surface area contributed by atoms with Gasteiger partial charge in [0.2, 0.25) is 0 Å². The van der Waals surface area contributed by atoms with Gasteiger partial charge in [0.05, 0.1) is 18.1 Å². The SMILES string of the molecule is CCCCCCCCOC(=O)c1ccc(C#Cc2ccc(OC(=O)C3CCC(CCCC)CC3)cc2)nc1. The molecule has 0 amide bonds. The summed E-state index contributed by atoms with van der Waals surface area (Å²) in [5.41, 5.74) is 1.80. The van der Waals surface area contributed by atoms with Crippen LogP contribution < -0.4 is 4.74 Å². The first-order chi connectivity index (χ1) is 18.6. The van der Waals surface area contributed by atoms with E-state index in [-0.39, 0.29) is 17.9 Å². The minimum atomic E-state index is -0.347. The van der Waals surface area contributed by atoms with Crippen molar-refractivity contribution < 1.29 is 19.1 Å². The van der Waals surface area contributed by atoms with Crippen LogP contribution in [-0.4, -0.2) is 23.5 Å². The van der Waals surface area contributed by atoms with E-state index in [4.69, 9.17) is 9.47 Å². The third kappa shape index (κ3) is 10.3. The zero-order valence-corrected chi connectivity index (χ0v) is 23.2. The molecule has 0 bridgehead atoms. The van der Waals surface area contributed by atoms with Crippen LogP contribution in [-0.2, 0) is 9.53 Å². The highest BCUT2D eigenvalue weighted by Gasteiger charge is 2.27. The van der Waals surface area contributed by atoms with Gasteiger partial charge in [0.25, 0.3) is 0 Å². The van der Waals surface area contributed by atoms with Crippen molar-refractivity contribution in [2.45, 2.75) is 97.3 Å². The number of nitrogens with zero attached hydrogens (tertiary/aromatic N) is 1. The number of ether oxygens (including phenoxy) is 2. The Kier molecular flexibility index (Phi) is 12.9. The first-order valence-corrected chi connectivity index (χ1v) is 14.6. The van der Waals surface area contributed by atoms with Crippen molar-refractivity contribution in [2.24, 2.45) is 11.8 Å². The van der Waals surface area contributed by atoms with Gasteiger partial charge in [-0.25, -0.2) is 9.78 Å². The Labute approximate surface area is 228 Å². The Bertz CT molecular complexity index is 1040.